The maximum Gasteiger partial charge on any atom is 0.217 e. The van der Waals surface area contributed by atoms with Crippen LogP contribution >= 0.6 is 0 Å². The van der Waals surface area contributed by atoms with Crippen LogP contribution < -0.4 is 0 Å². The average Bonchev–Trinajstić information content (AvgIpc) is 2.01. The molecule has 0 saturated heterocycles. The average molecular weight is 200 g/mol. The highest BCUT2D eigenvalue weighted by Crippen LogP contribution is 2.17. The Bertz CT molecular complexity index is 158. The SMILES string of the molecule is C=C(C(C)CC)[SiH](N(C)C)N(C)C. The van der Waals surface area contributed by atoms with Crippen LogP contribution in [0.25, 0.3) is 0 Å². The largest absolute Gasteiger partial charge is 0.316 e. The number of hydrogen-bond acceptors (Lipinski definition) is 2. The van der Waals surface area contributed by atoms with Gasteiger partial charge in [-0.2, -0.15) is 0 Å². The molecule has 0 radical (unpaired) electrons. The summed E-state index contributed by atoms with van der Waals surface area (Å²) in [7, 11) is 7.55. The zero-order chi connectivity index (χ0) is 10.6. The van der Waals surface area contributed by atoms with E-state index in [0.717, 1.165) is 0 Å². The third-order valence-corrected chi connectivity index (χ3v) is 5.74. The lowest BCUT2D eigenvalue weighted by Gasteiger charge is -2.32. The van der Waals surface area contributed by atoms with E-state index in [1.165, 1.54) is 11.6 Å². The molecule has 0 aromatic heterocycles. The topological polar surface area (TPSA) is 6.48 Å². The minimum atomic E-state index is -1.08. The Morgan fingerprint density at radius 1 is 1.23 bits per heavy atom. The molecule has 0 aromatic rings. The molecule has 0 aliphatic heterocycles. The molecule has 1 unspecified atom stereocenters. The zero-order valence-corrected chi connectivity index (χ0v) is 11.1. The first-order valence-corrected chi connectivity index (χ1v) is 6.54. The molecule has 0 saturated carbocycles. The van der Waals surface area contributed by atoms with E-state index in [0.29, 0.717) is 5.92 Å². The normalized spacial score (nSPS) is 14.2. The van der Waals surface area contributed by atoms with E-state index < -0.39 is 9.12 Å². The lowest BCUT2D eigenvalue weighted by atomic mass is 10.1. The predicted molar refractivity (Wildman–Crippen MR) is 63.1 cm³/mol. The summed E-state index contributed by atoms with van der Waals surface area (Å²) in [4.78, 5) is 0. The molecule has 0 fully saturated rings. The van der Waals surface area contributed by atoms with Crippen LogP contribution in [0.4, 0.5) is 0 Å². The standard InChI is InChI=1S/C10H24N2Si/c1-8-9(2)10(3)13(11(4)5)12(6)7/h9,13H,3,8H2,1-2,4-7H3. The summed E-state index contributed by atoms with van der Waals surface area (Å²) in [5.74, 6) is 0.654. The van der Waals surface area contributed by atoms with Crippen LogP contribution in [0.2, 0.25) is 0 Å². The highest BCUT2D eigenvalue weighted by molar-refractivity contribution is 6.60. The van der Waals surface area contributed by atoms with E-state index in [4.69, 9.17) is 0 Å². The number of nitrogens with zero attached hydrogens (tertiary/aromatic N) is 2. The minimum absolute atomic E-state index is 0.654. The summed E-state index contributed by atoms with van der Waals surface area (Å²) in [6, 6.07) is 0. The van der Waals surface area contributed by atoms with Crippen molar-refractivity contribution in [3.8, 4) is 0 Å². The Hall–Kier alpha value is -0.123. The van der Waals surface area contributed by atoms with E-state index in [9.17, 15) is 0 Å². The van der Waals surface area contributed by atoms with Gasteiger partial charge in [0.1, 0.15) is 0 Å². The number of rotatable bonds is 5. The van der Waals surface area contributed by atoms with E-state index in [1.807, 2.05) is 0 Å². The summed E-state index contributed by atoms with van der Waals surface area (Å²) in [5, 5.41) is 1.44. The van der Waals surface area contributed by atoms with Crippen molar-refractivity contribution in [2.45, 2.75) is 20.3 Å². The number of hydrogen-bond donors (Lipinski definition) is 0. The second-order valence-corrected chi connectivity index (χ2v) is 7.74. The highest BCUT2D eigenvalue weighted by Gasteiger charge is 2.23. The second kappa shape index (κ2) is 5.57. The van der Waals surface area contributed by atoms with Crippen LogP contribution in [0.5, 0.6) is 0 Å². The molecule has 0 rings (SSSR count). The van der Waals surface area contributed by atoms with Crippen molar-refractivity contribution in [1.82, 2.24) is 9.13 Å². The molecule has 0 heterocycles. The molecule has 0 N–H and O–H groups in total. The van der Waals surface area contributed by atoms with Crippen molar-refractivity contribution in [3.63, 3.8) is 0 Å². The van der Waals surface area contributed by atoms with Gasteiger partial charge in [0.15, 0.2) is 0 Å². The maximum absolute atomic E-state index is 4.25. The molecule has 2 nitrogen and oxygen atoms in total. The van der Waals surface area contributed by atoms with Gasteiger partial charge in [-0.25, -0.2) is 0 Å². The molecular weight excluding hydrogens is 176 g/mol. The van der Waals surface area contributed by atoms with Gasteiger partial charge in [-0.15, -0.1) is 6.58 Å². The van der Waals surface area contributed by atoms with Gasteiger partial charge in [0.25, 0.3) is 0 Å². The van der Waals surface area contributed by atoms with E-state index in [1.54, 1.807) is 0 Å². The van der Waals surface area contributed by atoms with Crippen molar-refractivity contribution in [2.24, 2.45) is 5.92 Å². The zero-order valence-electron chi connectivity index (χ0n) is 9.96. The smallest absolute Gasteiger partial charge is 0.217 e. The van der Waals surface area contributed by atoms with Crippen LogP contribution in [-0.2, 0) is 0 Å². The van der Waals surface area contributed by atoms with Crippen molar-refractivity contribution in [1.29, 1.82) is 0 Å². The van der Waals surface area contributed by atoms with Gasteiger partial charge in [0, 0.05) is 0 Å². The molecular formula is C10H24N2Si. The number of allylic oxidation sites excluding steroid dienone is 1. The third-order valence-electron chi connectivity index (χ3n) is 2.56. The Balaban J connectivity index is 4.46. The summed E-state index contributed by atoms with van der Waals surface area (Å²) < 4.78 is 4.68. The van der Waals surface area contributed by atoms with Crippen LogP contribution in [0.15, 0.2) is 11.8 Å². The summed E-state index contributed by atoms with van der Waals surface area (Å²) >= 11 is 0. The molecule has 3 heteroatoms. The molecule has 1 atom stereocenters. The molecule has 13 heavy (non-hydrogen) atoms. The summed E-state index contributed by atoms with van der Waals surface area (Å²) in [6.07, 6.45) is 1.20. The van der Waals surface area contributed by atoms with Crippen LogP contribution in [0.3, 0.4) is 0 Å². The quantitative estimate of drug-likeness (QED) is 0.620. The Morgan fingerprint density at radius 3 is 1.85 bits per heavy atom. The first-order chi connectivity index (χ1) is 5.91. The first-order valence-electron chi connectivity index (χ1n) is 4.93. The van der Waals surface area contributed by atoms with Gasteiger partial charge in [-0.1, -0.05) is 25.5 Å². The lowest BCUT2D eigenvalue weighted by Crippen LogP contribution is -2.48. The second-order valence-electron chi connectivity index (χ2n) is 4.19. The molecule has 0 spiro atoms. The fourth-order valence-corrected chi connectivity index (χ4v) is 4.64. The Labute approximate surface area is 85.0 Å². The van der Waals surface area contributed by atoms with Gasteiger partial charge < -0.3 is 9.13 Å². The molecule has 0 amide bonds. The first kappa shape index (κ1) is 12.9. The molecule has 0 bridgehead atoms. The van der Waals surface area contributed by atoms with E-state index >= 15 is 0 Å². The Kier molecular flexibility index (Phi) is 5.52. The summed E-state index contributed by atoms with van der Waals surface area (Å²) in [6.45, 7) is 8.75. The minimum Gasteiger partial charge on any atom is -0.316 e. The maximum atomic E-state index is 4.25. The molecule has 0 aliphatic carbocycles. The van der Waals surface area contributed by atoms with E-state index in [2.05, 4.69) is 57.7 Å². The lowest BCUT2D eigenvalue weighted by molar-refractivity contribution is 0.511. The van der Waals surface area contributed by atoms with Crippen molar-refractivity contribution in [2.75, 3.05) is 28.2 Å². The van der Waals surface area contributed by atoms with Crippen molar-refractivity contribution < 1.29 is 0 Å². The fourth-order valence-electron chi connectivity index (χ4n) is 1.64. The Morgan fingerprint density at radius 2 is 1.62 bits per heavy atom. The van der Waals surface area contributed by atoms with Gasteiger partial charge >= 0.3 is 0 Å². The van der Waals surface area contributed by atoms with Crippen LogP contribution in [-0.4, -0.2) is 46.4 Å². The van der Waals surface area contributed by atoms with Crippen LogP contribution in [0, 0.1) is 5.92 Å². The third kappa shape index (κ3) is 3.63. The van der Waals surface area contributed by atoms with E-state index in [-0.39, 0.29) is 0 Å². The van der Waals surface area contributed by atoms with Gasteiger partial charge in [0.2, 0.25) is 9.12 Å². The summed E-state index contributed by atoms with van der Waals surface area (Å²) in [5.41, 5.74) is 0. The van der Waals surface area contributed by atoms with Crippen molar-refractivity contribution in [3.05, 3.63) is 11.8 Å². The highest BCUT2D eigenvalue weighted by atomic mass is 28.3. The van der Waals surface area contributed by atoms with Gasteiger partial charge in [-0.05, 0) is 34.1 Å². The fraction of sp³-hybridized carbons (Fsp3) is 0.800. The van der Waals surface area contributed by atoms with Crippen LogP contribution in [0.1, 0.15) is 20.3 Å². The molecule has 0 aromatic carbocycles. The van der Waals surface area contributed by atoms with Gasteiger partial charge in [0.05, 0.1) is 0 Å². The molecule has 0 aliphatic rings. The monoisotopic (exact) mass is 200 g/mol. The van der Waals surface area contributed by atoms with Crippen molar-refractivity contribution >= 4 is 9.12 Å². The van der Waals surface area contributed by atoms with Gasteiger partial charge in [-0.3, -0.25) is 0 Å². The predicted octanol–water partition coefficient (Wildman–Crippen LogP) is 1.47. The molecule has 78 valence electrons.